The minimum atomic E-state index is 0.896. The zero-order chi connectivity index (χ0) is 38.9. The quantitative estimate of drug-likeness (QED) is 0.169. The minimum Gasteiger partial charge on any atom is -0.456 e. The molecule has 10 aromatic carbocycles. The second-order valence-electron chi connectivity index (χ2n) is 15.2. The molecule has 0 amide bonds. The first kappa shape index (κ1) is 33.3. The van der Waals surface area contributed by atoms with E-state index in [4.69, 9.17) is 8.83 Å². The molecule has 0 spiro atoms. The summed E-state index contributed by atoms with van der Waals surface area (Å²) in [7, 11) is 0. The van der Waals surface area contributed by atoms with Crippen LogP contribution in [0.15, 0.2) is 221 Å². The first-order valence-corrected chi connectivity index (χ1v) is 20.1. The molecule has 2 aromatic heterocycles. The van der Waals surface area contributed by atoms with Gasteiger partial charge in [-0.1, -0.05) is 152 Å². The van der Waals surface area contributed by atoms with Gasteiger partial charge < -0.3 is 13.7 Å². The highest BCUT2D eigenvalue weighted by Crippen LogP contribution is 2.43. The molecule has 12 rings (SSSR count). The number of hydrogen-bond donors (Lipinski definition) is 0. The Bertz CT molecular complexity index is 3540. The van der Waals surface area contributed by atoms with Gasteiger partial charge in [-0.25, -0.2) is 0 Å². The van der Waals surface area contributed by atoms with Crippen molar-refractivity contribution in [1.82, 2.24) is 0 Å². The molecule has 2 heterocycles. The van der Waals surface area contributed by atoms with E-state index in [1.54, 1.807) is 0 Å². The summed E-state index contributed by atoms with van der Waals surface area (Å²) >= 11 is 0. The van der Waals surface area contributed by atoms with Gasteiger partial charge in [0.05, 0.1) is 0 Å². The normalized spacial score (nSPS) is 11.7. The van der Waals surface area contributed by atoms with E-state index in [1.807, 2.05) is 24.3 Å². The van der Waals surface area contributed by atoms with E-state index in [-0.39, 0.29) is 0 Å². The monoisotopic (exact) mass is 753 g/mol. The van der Waals surface area contributed by atoms with E-state index in [0.29, 0.717) is 0 Å². The predicted molar refractivity (Wildman–Crippen MR) is 247 cm³/mol. The van der Waals surface area contributed by atoms with Crippen molar-refractivity contribution >= 4 is 82.5 Å². The molecule has 12 aromatic rings. The average molecular weight is 754 g/mol. The first-order valence-electron chi connectivity index (χ1n) is 20.1. The van der Waals surface area contributed by atoms with Gasteiger partial charge in [0.15, 0.2) is 0 Å². The van der Waals surface area contributed by atoms with Crippen molar-refractivity contribution in [2.75, 3.05) is 4.90 Å². The fourth-order valence-electron chi connectivity index (χ4n) is 9.16. The Morgan fingerprint density at radius 2 is 0.763 bits per heavy atom. The average Bonchev–Trinajstić information content (AvgIpc) is 3.88. The minimum absolute atomic E-state index is 0.896. The van der Waals surface area contributed by atoms with E-state index in [1.165, 1.54) is 38.4 Å². The summed E-state index contributed by atoms with van der Waals surface area (Å²) in [6, 6.07) is 75.8. The van der Waals surface area contributed by atoms with Crippen LogP contribution >= 0.6 is 0 Å². The summed E-state index contributed by atoms with van der Waals surface area (Å²) in [5, 5.41) is 9.36. The molecular formula is C56H35NO2. The molecule has 276 valence electrons. The number of anilines is 3. The zero-order valence-corrected chi connectivity index (χ0v) is 32.0. The van der Waals surface area contributed by atoms with Crippen LogP contribution in [0.4, 0.5) is 17.1 Å². The number of benzene rings is 10. The third kappa shape index (κ3) is 5.44. The number of rotatable bonds is 6. The first-order chi connectivity index (χ1) is 29.2. The van der Waals surface area contributed by atoms with E-state index in [2.05, 4.69) is 193 Å². The summed E-state index contributed by atoms with van der Waals surface area (Å²) in [5.74, 6) is 0. The summed E-state index contributed by atoms with van der Waals surface area (Å²) in [6.07, 6.45) is 0. The Morgan fingerprint density at radius 3 is 1.41 bits per heavy atom. The van der Waals surface area contributed by atoms with Crippen LogP contribution < -0.4 is 4.90 Å². The smallest absolute Gasteiger partial charge is 0.136 e. The summed E-state index contributed by atoms with van der Waals surface area (Å²) < 4.78 is 12.5. The van der Waals surface area contributed by atoms with Crippen LogP contribution in [0.3, 0.4) is 0 Å². The molecule has 0 saturated carbocycles. The standard InChI is InChI=1S/C56H35NO2/c1-2-11-36(12-3-1)44-17-8-13-39-14-9-18-45(54(39)44)37-23-28-41(29-24-37)57(43-32-33-47-40(35-43)27-34-53-56(47)49-16-5-7-21-51(49)59-53)42-30-25-38(26-31-42)46-19-10-22-52-55(46)48-15-4-6-20-50(48)58-52/h1-35H. The lowest BCUT2D eigenvalue weighted by Crippen LogP contribution is -2.09. The Balaban J connectivity index is 1.00. The Labute approximate surface area is 340 Å². The van der Waals surface area contributed by atoms with E-state index >= 15 is 0 Å². The van der Waals surface area contributed by atoms with Gasteiger partial charge in [-0.15, -0.1) is 0 Å². The van der Waals surface area contributed by atoms with Crippen LogP contribution in [0.1, 0.15) is 0 Å². The van der Waals surface area contributed by atoms with Crippen LogP contribution in [0.2, 0.25) is 0 Å². The van der Waals surface area contributed by atoms with Crippen LogP contribution in [0, 0.1) is 0 Å². The number of fused-ring (bicyclic) bond motifs is 9. The molecule has 0 saturated heterocycles. The van der Waals surface area contributed by atoms with Crippen molar-refractivity contribution in [2.24, 2.45) is 0 Å². The fraction of sp³-hybridized carbons (Fsp3) is 0. The summed E-state index contributed by atoms with van der Waals surface area (Å²) in [6.45, 7) is 0. The maximum absolute atomic E-state index is 6.26. The fourth-order valence-corrected chi connectivity index (χ4v) is 9.16. The molecule has 0 unspecified atom stereocenters. The molecule has 59 heavy (non-hydrogen) atoms. The lowest BCUT2D eigenvalue weighted by molar-refractivity contribution is 0.668. The SMILES string of the molecule is c1ccc(-c2cccc3cccc(-c4ccc(N(c5ccc(-c6cccc7oc8ccccc8c67)cc5)c5ccc6c(ccc7oc8ccccc8c76)c5)cc4)c23)cc1. The molecule has 3 nitrogen and oxygen atoms in total. The third-order valence-corrected chi connectivity index (χ3v) is 11.9. The maximum atomic E-state index is 6.26. The number of nitrogens with zero attached hydrogens (tertiary/aromatic N) is 1. The van der Waals surface area contributed by atoms with Crippen molar-refractivity contribution in [2.45, 2.75) is 0 Å². The summed E-state index contributed by atoms with van der Waals surface area (Å²) in [4.78, 5) is 2.36. The van der Waals surface area contributed by atoms with Crippen LogP contribution in [0.25, 0.3) is 98.8 Å². The van der Waals surface area contributed by atoms with Gasteiger partial charge in [-0.2, -0.15) is 0 Å². The Kier molecular flexibility index (Phi) is 7.54. The number of para-hydroxylation sites is 2. The summed E-state index contributed by atoms with van der Waals surface area (Å²) in [5.41, 5.74) is 13.9. The Morgan fingerprint density at radius 1 is 0.271 bits per heavy atom. The molecule has 0 radical (unpaired) electrons. The molecule has 0 N–H and O–H groups in total. The molecular weight excluding hydrogens is 719 g/mol. The topological polar surface area (TPSA) is 29.5 Å². The van der Waals surface area contributed by atoms with E-state index in [9.17, 15) is 0 Å². The van der Waals surface area contributed by atoms with Gasteiger partial charge in [0.2, 0.25) is 0 Å². The molecule has 3 heteroatoms. The molecule has 0 atom stereocenters. The van der Waals surface area contributed by atoms with Gasteiger partial charge >= 0.3 is 0 Å². The van der Waals surface area contributed by atoms with Crippen molar-refractivity contribution in [3.63, 3.8) is 0 Å². The van der Waals surface area contributed by atoms with Gasteiger partial charge in [0.1, 0.15) is 22.3 Å². The second kappa shape index (κ2) is 13.4. The third-order valence-electron chi connectivity index (χ3n) is 11.9. The largest absolute Gasteiger partial charge is 0.456 e. The second-order valence-corrected chi connectivity index (χ2v) is 15.2. The highest BCUT2D eigenvalue weighted by Gasteiger charge is 2.18. The zero-order valence-electron chi connectivity index (χ0n) is 32.0. The Hall–Kier alpha value is -7.88. The lowest BCUT2D eigenvalue weighted by Gasteiger charge is -2.26. The van der Waals surface area contributed by atoms with Crippen molar-refractivity contribution in [3.05, 3.63) is 212 Å². The van der Waals surface area contributed by atoms with E-state index < -0.39 is 0 Å². The number of hydrogen-bond acceptors (Lipinski definition) is 3. The molecule has 0 fully saturated rings. The number of furan rings is 2. The van der Waals surface area contributed by atoms with Gasteiger partial charge in [-0.3, -0.25) is 0 Å². The van der Waals surface area contributed by atoms with Crippen LogP contribution in [-0.2, 0) is 0 Å². The molecule has 0 bridgehead atoms. The van der Waals surface area contributed by atoms with Crippen molar-refractivity contribution in [3.8, 4) is 33.4 Å². The maximum Gasteiger partial charge on any atom is 0.136 e. The van der Waals surface area contributed by atoms with Crippen LogP contribution in [0.5, 0.6) is 0 Å². The van der Waals surface area contributed by atoms with E-state index in [0.717, 1.165) is 77.5 Å². The van der Waals surface area contributed by atoms with Gasteiger partial charge in [-0.05, 0) is 116 Å². The van der Waals surface area contributed by atoms with Crippen molar-refractivity contribution in [1.29, 1.82) is 0 Å². The predicted octanol–water partition coefficient (Wildman–Crippen LogP) is 16.3. The highest BCUT2D eigenvalue weighted by atomic mass is 16.3. The van der Waals surface area contributed by atoms with Gasteiger partial charge in [0.25, 0.3) is 0 Å². The van der Waals surface area contributed by atoms with Crippen LogP contribution in [-0.4, -0.2) is 0 Å². The molecule has 0 aliphatic carbocycles. The van der Waals surface area contributed by atoms with Crippen molar-refractivity contribution < 1.29 is 8.83 Å². The molecule has 0 aliphatic rings. The highest BCUT2D eigenvalue weighted by molar-refractivity contribution is 6.19. The van der Waals surface area contributed by atoms with Gasteiger partial charge in [0, 0.05) is 38.6 Å². The lowest BCUT2D eigenvalue weighted by atomic mass is 9.91. The molecule has 0 aliphatic heterocycles.